The van der Waals surface area contributed by atoms with Gasteiger partial charge in [0.15, 0.2) is 18.2 Å². The lowest BCUT2D eigenvalue weighted by atomic mass is 10.1. The average molecular weight is 361 g/mol. The zero-order chi connectivity index (χ0) is 18.8. The van der Waals surface area contributed by atoms with Gasteiger partial charge < -0.3 is 19.5 Å². The van der Waals surface area contributed by atoms with Crippen molar-refractivity contribution in [2.45, 2.75) is 13.0 Å². The fraction of sp³-hybridized carbons (Fsp3) is 0.263. The molecule has 2 aromatic carbocycles. The molecule has 2 rings (SSSR count). The van der Waals surface area contributed by atoms with Crippen LogP contribution < -0.4 is 10.1 Å². The fourth-order valence-electron chi connectivity index (χ4n) is 2.10. The molecule has 6 nitrogen and oxygen atoms in total. The molecule has 0 atom stereocenters. The van der Waals surface area contributed by atoms with Crippen LogP contribution in [0, 0.1) is 5.82 Å². The number of hydrogen-bond donors (Lipinski definition) is 1. The first-order valence-corrected chi connectivity index (χ1v) is 8.01. The van der Waals surface area contributed by atoms with Crippen LogP contribution in [-0.2, 0) is 27.3 Å². The molecule has 1 amide bonds. The third-order valence-corrected chi connectivity index (χ3v) is 3.47. The van der Waals surface area contributed by atoms with E-state index in [1.807, 2.05) is 30.3 Å². The van der Waals surface area contributed by atoms with Gasteiger partial charge in [0.2, 0.25) is 0 Å². The van der Waals surface area contributed by atoms with Gasteiger partial charge in [-0.3, -0.25) is 0 Å². The van der Waals surface area contributed by atoms with Gasteiger partial charge in [-0.25, -0.2) is 14.0 Å². The number of rotatable bonds is 8. The number of amides is 1. The van der Waals surface area contributed by atoms with E-state index in [4.69, 9.17) is 9.47 Å². The van der Waals surface area contributed by atoms with Crippen molar-refractivity contribution in [1.82, 2.24) is 5.32 Å². The number of alkyl carbamates (subject to hydrolysis) is 1. The maximum absolute atomic E-state index is 13.9. The van der Waals surface area contributed by atoms with E-state index in [2.05, 4.69) is 10.1 Å². The largest absolute Gasteiger partial charge is 0.479 e. The highest BCUT2D eigenvalue weighted by atomic mass is 19.1. The number of hydrogen-bond acceptors (Lipinski definition) is 5. The Morgan fingerprint density at radius 2 is 1.85 bits per heavy atom. The number of halogens is 1. The molecule has 2 aromatic rings. The van der Waals surface area contributed by atoms with Crippen molar-refractivity contribution >= 4 is 12.1 Å². The maximum atomic E-state index is 13.9. The first-order chi connectivity index (χ1) is 12.6. The molecule has 0 fully saturated rings. The van der Waals surface area contributed by atoms with Crippen molar-refractivity contribution in [2.75, 3.05) is 20.3 Å². The predicted octanol–water partition coefficient (Wildman–Crippen LogP) is 2.85. The number of methoxy groups -OCH3 is 1. The predicted molar refractivity (Wildman–Crippen MR) is 92.2 cm³/mol. The summed E-state index contributed by atoms with van der Waals surface area (Å²) in [4.78, 5) is 22.6. The van der Waals surface area contributed by atoms with Crippen LogP contribution in [-0.4, -0.2) is 32.3 Å². The molecule has 0 saturated heterocycles. The average Bonchev–Trinajstić information content (AvgIpc) is 2.66. The summed E-state index contributed by atoms with van der Waals surface area (Å²) < 4.78 is 28.4. The van der Waals surface area contributed by atoms with E-state index in [1.165, 1.54) is 19.2 Å². The van der Waals surface area contributed by atoms with E-state index >= 15 is 0 Å². The van der Waals surface area contributed by atoms with Crippen molar-refractivity contribution in [1.29, 1.82) is 0 Å². The van der Waals surface area contributed by atoms with Crippen molar-refractivity contribution in [3.8, 4) is 5.75 Å². The molecule has 7 heteroatoms. The van der Waals surface area contributed by atoms with Gasteiger partial charge in [-0.1, -0.05) is 36.4 Å². The first kappa shape index (κ1) is 19.2. The summed E-state index contributed by atoms with van der Waals surface area (Å²) in [6, 6.07) is 13.7. The minimum Gasteiger partial charge on any atom is -0.479 e. The zero-order valence-corrected chi connectivity index (χ0v) is 14.4. The van der Waals surface area contributed by atoms with E-state index in [1.54, 1.807) is 6.07 Å². The van der Waals surface area contributed by atoms with Gasteiger partial charge in [0, 0.05) is 6.54 Å². The summed E-state index contributed by atoms with van der Waals surface area (Å²) in [5.74, 6) is -1.21. The van der Waals surface area contributed by atoms with Gasteiger partial charge in [0.05, 0.1) is 7.11 Å². The second kappa shape index (κ2) is 10.0. The number of esters is 1. The lowest BCUT2D eigenvalue weighted by molar-refractivity contribution is -0.142. The number of benzene rings is 2. The molecule has 0 heterocycles. The number of carbonyl (C=O) groups is 2. The molecule has 0 radical (unpaired) electrons. The molecule has 0 saturated carbocycles. The molecule has 0 aromatic heterocycles. The summed E-state index contributed by atoms with van der Waals surface area (Å²) in [5, 5.41) is 2.61. The number of ether oxygens (including phenoxy) is 3. The van der Waals surface area contributed by atoms with Gasteiger partial charge in [0.25, 0.3) is 0 Å². The Bertz CT molecular complexity index is 736. The van der Waals surface area contributed by atoms with Gasteiger partial charge in [-0.2, -0.15) is 0 Å². The van der Waals surface area contributed by atoms with Gasteiger partial charge >= 0.3 is 12.1 Å². The molecule has 138 valence electrons. The van der Waals surface area contributed by atoms with Crippen LogP contribution in [0.3, 0.4) is 0 Å². The topological polar surface area (TPSA) is 73.9 Å². The second-order valence-corrected chi connectivity index (χ2v) is 5.37. The second-order valence-electron chi connectivity index (χ2n) is 5.37. The first-order valence-electron chi connectivity index (χ1n) is 8.01. The summed E-state index contributed by atoms with van der Waals surface area (Å²) in [6.07, 6.45) is -0.110. The molecular weight excluding hydrogens is 341 g/mol. The quantitative estimate of drug-likeness (QED) is 0.732. The van der Waals surface area contributed by atoms with Crippen LogP contribution in [0.5, 0.6) is 5.75 Å². The molecule has 1 N–H and O–H groups in total. The Labute approximate surface area is 150 Å². The van der Waals surface area contributed by atoms with E-state index in [9.17, 15) is 14.0 Å². The van der Waals surface area contributed by atoms with Crippen molar-refractivity contribution in [2.24, 2.45) is 0 Å². The Morgan fingerprint density at radius 1 is 1.08 bits per heavy atom. The smallest absolute Gasteiger partial charge is 0.407 e. The van der Waals surface area contributed by atoms with Crippen LogP contribution in [0.4, 0.5) is 9.18 Å². The van der Waals surface area contributed by atoms with Crippen LogP contribution in [0.2, 0.25) is 0 Å². The van der Waals surface area contributed by atoms with E-state index in [0.29, 0.717) is 18.5 Å². The number of nitrogens with one attached hydrogen (secondary N) is 1. The Morgan fingerprint density at radius 3 is 2.54 bits per heavy atom. The maximum Gasteiger partial charge on any atom is 0.407 e. The normalized spacial score (nSPS) is 10.1. The highest BCUT2D eigenvalue weighted by Crippen LogP contribution is 2.18. The summed E-state index contributed by atoms with van der Waals surface area (Å²) in [7, 11) is 1.23. The van der Waals surface area contributed by atoms with Crippen molar-refractivity contribution in [3.05, 3.63) is 65.5 Å². The van der Waals surface area contributed by atoms with Gasteiger partial charge in [-0.05, 0) is 29.7 Å². The third kappa shape index (κ3) is 6.43. The number of carbonyl (C=O) groups excluding carboxylic acids is 2. The lowest BCUT2D eigenvalue weighted by Crippen LogP contribution is -2.26. The van der Waals surface area contributed by atoms with E-state index < -0.39 is 17.9 Å². The molecule has 0 aliphatic rings. The molecule has 0 aliphatic carbocycles. The minimum absolute atomic E-state index is 0.0330. The highest BCUT2D eigenvalue weighted by Gasteiger charge is 2.08. The van der Waals surface area contributed by atoms with Crippen LogP contribution in [0.15, 0.2) is 48.5 Å². The SMILES string of the molecule is COC(=O)COc1ccc(CCNC(=O)OCc2ccccc2)cc1F. The van der Waals surface area contributed by atoms with Crippen molar-refractivity contribution in [3.63, 3.8) is 0 Å². The molecule has 26 heavy (non-hydrogen) atoms. The lowest BCUT2D eigenvalue weighted by Gasteiger charge is -2.09. The molecule has 0 spiro atoms. The van der Waals surface area contributed by atoms with Gasteiger partial charge in [-0.15, -0.1) is 0 Å². The van der Waals surface area contributed by atoms with E-state index in [0.717, 1.165) is 5.56 Å². The monoisotopic (exact) mass is 361 g/mol. The summed E-state index contributed by atoms with van der Waals surface area (Å²) >= 11 is 0. The minimum atomic E-state index is -0.591. The third-order valence-electron chi connectivity index (χ3n) is 3.47. The Hall–Kier alpha value is -3.09. The van der Waals surface area contributed by atoms with Gasteiger partial charge in [0.1, 0.15) is 6.61 Å². The van der Waals surface area contributed by atoms with Crippen LogP contribution in [0.1, 0.15) is 11.1 Å². The molecule has 0 bridgehead atoms. The fourth-order valence-corrected chi connectivity index (χ4v) is 2.10. The van der Waals surface area contributed by atoms with E-state index in [-0.39, 0.29) is 19.0 Å². The molecular formula is C19H20FNO5. The standard InChI is InChI=1S/C19H20FNO5/c1-24-18(22)13-25-17-8-7-14(11-16(17)20)9-10-21-19(23)26-12-15-5-3-2-4-6-15/h2-8,11H,9-10,12-13H2,1H3,(H,21,23). The molecule has 0 unspecified atom stereocenters. The summed E-state index contributed by atoms with van der Waals surface area (Å²) in [6.45, 7) is 0.130. The van der Waals surface area contributed by atoms with Crippen molar-refractivity contribution < 1.29 is 28.2 Å². The molecule has 0 aliphatic heterocycles. The highest BCUT2D eigenvalue weighted by molar-refractivity contribution is 5.70. The Balaban J connectivity index is 1.72. The summed E-state index contributed by atoms with van der Waals surface area (Å²) in [5.41, 5.74) is 1.57. The van der Waals surface area contributed by atoms with Crippen LogP contribution in [0.25, 0.3) is 0 Å². The van der Waals surface area contributed by atoms with Crippen LogP contribution >= 0.6 is 0 Å². The Kier molecular flexibility index (Phi) is 7.42. The zero-order valence-electron chi connectivity index (χ0n) is 14.4.